The van der Waals surface area contributed by atoms with E-state index in [0.29, 0.717) is 10.5 Å². The molecule has 0 saturated heterocycles. The molecule has 10 nitrogen and oxygen atoms in total. The van der Waals surface area contributed by atoms with Crippen molar-refractivity contribution in [1.29, 1.82) is 0 Å². The van der Waals surface area contributed by atoms with Gasteiger partial charge in [-0.2, -0.15) is 0 Å². The number of nitrogens with zero attached hydrogens (tertiary/aromatic N) is 2. The Kier molecular flexibility index (Phi) is 26.3. The van der Waals surface area contributed by atoms with Crippen LogP contribution in [-0.4, -0.2) is 173 Å². The van der Waals surface area contributed by atoms with Crippen LogP contribution in [0.25, 0.3) is 0 Å². The maximum absolute atomic E-state index is 10.8. The zero-order valence-electron chi connectivity index (χ0n) is 14.3. The number of hydrogen-bond donors (Lipinski definition) is 0. The zero-order chi connectivity index (χ0) is 15.7. The fraction of sp³-hybridized carbons (Fsp3) is 0.600. The van der Waals surface area contributed by atoms with Gasteiger partial charge in [0.1, 0.15) is 0 Å². The van der Waals surface area contributed by atoms with E-state index in [4.69, 9.17) is 0 Å². The van der Waals surface area contributed by atoms with Crippen molar-refractivity contribution < 1.29 is 38.5 Å². The molecular formula is C10H16K2MgN2O8. The second kappa shape index (κ2) is 18.6. The van der Waals surface area contributed by atoms with Crippen LogP contribution in [-0.2, 0) is 38.5 Å². The second-order valence-corrected chi connectivity index (χ2v) is 3.44. The van der Waals surface area contributed by atoms with Crippen molar-refractivity contribution in [1.82, 2.24) is 10.5 Å². The van der Waals surface area contributed by atoms with Crippen LogP contribution in [0.3, 0.4) is 0 Å². The summed E-state index contributed by atoms with van der Waals surface area (Å²) in [5.74, 6) is -2.90. The summed E-state index contributed by atoms with van der Waals surface area (Å²) in [6, 6.07) is 0. The molecule has 0 N–H and O–H groups in total. The van der Waals surface area contributed by atoms with E-state index in [1.807, 2.05) is 0 Å². The Morgan fingerprint density at radius 1 is 0.609 bits per heavy atom. The molecule has 0 rings (SSSR count). The molecule has 0 unspecified atom stereocenters. The number of carbonyl (C=O) groups is 4. The molecule has 0 aromatic carbocycles. The first-order chi connectivity index (χ1) is 9.20. The van der Waals surface area contributed by atoms with Gasteiger partial charge in [-0.1, -0.05) is 0 Å². The predicted molar refractivity (Wildman–Crippen MR) is 77.7 cm³/mol. The zero-order valence-corrected chi connectivity index (χ0v) is 21.9. The minimum Gasteiger partial charge on any atom is -0.333 e. The van der Waals surface area contributed by atoms with Crippen molar-refractivity contribution in [2.24, 2.45) is 0 Å². The fourth-order valence-electron chi connectivity index (χ4n) is 0.957. The topological polar surface area (TPSA) is 112 Å². The molecule has 0 aliphatic rings. The minimum atomic E-state index is -0.724. The Hall–Kier alpha value is 1.84. The average Bonchev–Trinajstić information content (AvgIpc) is 2.22. The maximum atomic E-state index is 10.8. The number of carbonyl (C=O) groups excluding carboxylic acids is 4. The van der Waals surface area contributed by atoms with Gasteiger partial charge in [0.05, 0.1) is 13.1 Å². The third kappa shape index (κ3) is 21.8. The molecule has 0 bridgehead atoms. The Labute approximate surface area is 235 Å². The first kappa shape index (κ1) is 32.5. The van der Waals surface area contributed by atoms with Gasteiger partial charge in [-0.15, -0.1) is 0 Å². The molecule has 0 aromatic rings. The molecule has 4 radical (unpaired) electrons. The van der Waals surface area contributed by atoms with Crippen LogP contribution in [0.2, 0.25) is 0 Å². The summed E-state index contributed by atoms with van der Waals surface area (Å²) in [4.78, 5) is 61.4. The third-order valence-electron chi connectivity index (χ3n) is 1.39. The summed E-state index contributed by atoms with van der Waals surface area (Å²) in [5, 5.41) is 1.15. The molecule has 0 atom stereocenters. The molecule has 0 saturated carbocycles. The molecule has 0 aromatic heterocycles. The van der Waals surface area contributed by atoms with E-state index in [2.05, 4.69) is 19.4 Å². The van der Waals surface area contributed by atoms with Gasteiger partial charge in [0.15, 0.2) is 0 Å². The van der Waals surface area contributed by atoms with E-state index in [-0.39, 0.29) is 139 Å². The largest absolute Gasteiger partial charge is 0.333 e. The van der Waals surface area contributed by atoms with Gasteiger partial charge < -0.3 is 19.4 Å². The molecule has 118 valence electrons. The summed E-state index contributed by atoms with van der Waals surface area (Å²) in [5.41, 5.74) is 0. The molecule has 0 aliphatic heterocycles. The van der Waals surface area contributed by atoms with Gasteiger partial charge in [-0.05, 0) is 0 Å². The smallest absolute Gasteiger partial charge is 0.326 e. The summed E-state index contributed by atoms with van der Waals surface area (Å²) in [7, 11) is 0. The standard InChI is InChI=1S/C10H16N2O8.2K.Mg/c1-7(13)17-11(18-8(2)14)5-6-12(19-9(3)15)20-10(4)16;;;/h5-6H2,1-4H3;;;. The van der Waals surface area contributed by atoms with Crippen LogP contribution in [0.5, 0.6) is 0 Å². The van der Waals surface area contributed by atoms with Crippen molar-refractivity contribution in [2.75, 3.05) is 13.1 Å². The fourth-order valence-corrected chi connectivity index (χ4v) is 0.957. The first-order valence-electron chi connectivity index (χ1n) is 5.50. The van der Waals surface area contributed by atoms with Crippen molar-refractivity contribution >= 4 is 150 Å². The van der Waals surface area contributed by atoms with Crippen LogP contribution < -0.4 is 0 Å². The van der Waals surface area contributed by atoms with Crippen molar-refractivity contribution in [3.8, 4) is 0 Å². The normalized spacial score (nSPS) is 8.78. The summed E-state index contributed by atoms with van der Waals surface area (Å²) in [6.07, 6.45) is 0. The van der Waals surface area contributed by atoms with Crippen LogP contribution in [0.1, 0.15) is 27.7 Å². The molecule has 13 heteroatoms. The minimum absolute atomic E-state index is 0. The quantitative estimate of drug-likeness (QED) is 0.368. The molecule has 0 aliphatic carbocycles. The van der Waals surface area contributed by atoms with Crippen LogP contribution in [0.15, 0.2) is 0 Å². The van der Waals surface area contributed by atoms with E-state index in [1.54, 1.807) is 0 Å². The van der Waals surface area contributed by atoms with Crippen molar-refractivity contribution in [3.05, 3.63) is 0 Å². The van der Waals surface area contributed by atoms with Crippen LogP contribution >= 0.6 is 0 Å². The Morgan fingerprint density at radius 2 is 0.783 bits per heavy atom. The third-order valence-corrected chi connectivity index (χ3v) is 1.39. The molecule has 23 heavy (non-hydrogen) atoms. The number of hydroxylamine groups is 4. The van der Waals surface area contributed by atoms with E-state index >= 15 is 0 Å². The Bertz CT molecular complexity index is 331. The van der Waals surface area contributed by atoms with Gasteiger partial charge in [0.2, 0.25) is 0 Å². The van der Waals surface area contributed by atoms with E-state index < -0.39 is 23.9 Å². The molecule has 0 spiro atoms. The van der Waals surface area contributed by atoms with Gasteiger partial charge in [0.25, 0.3) is 0 Å². The number of rotatable bonds is 7. The van der Waals surface area contributed by atoms with Gasteiger partial charge in [-0.25, -0.2) is 0 Å². The van der Waals surface area contributed by atoms with Crippen LogP contribution in [0, 0.1) is 0 Å². The monoisotopic (exact) mass is 394 g/mol. The van der Waals surface area contributed by atoms with E-state index in [1.165, 1.54) is 0 Å². The summed E-state index contributed by atoms with van der Waals surface area (Å²) >= 11 is 0. The first-order valence-corrected chi connectivity index (χ1v) is 5.50. The molecular weight excluding hydrogens is 379 g/mol. The van der Waals surface area contributed by atoms with Gasteiger partial charge >= 0.3 is 23.9 Å². The van der Waals surface area contributed by atoms with Crippen LogP contribution in [0.4, 0.5) is 0 Å². The SMILES string of the molecule is CC(=O)ON(CCN(OC(C)=O)OC(C)=O)OC(C)=O.[K].[K].[Mg]. The van der Waals surface area contributed by atoms with E-state index in [0.717, 1.165) is 27.7 Å². The Morgan fingerprint density at radius 3 is 0.913 bits per heavy atom. The maximum Gasteiger partial charge on any atom is 0.326 e. The molecule has 0 heterocycles. The van der Waals surface area contributed by atoms with Crippen molar-refractivity contribution in [2.45, 2.75) is 27.7 Å². The second-order valence-electron chi connectivity index (χ2n) is 3.44. The van der Waals surface area contributed by atoms with Gasteiger partial charge in [-0.3, -0.25) is 19.2 Å². The average molecular weight is 395 g/mol. The molecule has 0 fully saturated rings. The Balaban J connectivity index is -0.000000602. The van der Waals surface area contributed by atoms with E-state index in [9.17, 15) is 19.2 Å². The summed E-state index contributed by atoms with van der Waals surface area (Å²) < 4.78 is 0. The summed E-state index contributed by atoms with van der Waals surface area (Å²) in [6.45, 7) is 3.97. The number of hydrogen-bond acceptors (Lipinski definition) is 10. The predicted octanol–water partition coefficient (Wildman–Crippen LogP) is -1.64. The van der Waals surface area contributed by atoms with Crippen molar-refractivity contribution in [3.63, 3.8) is 0 Å². The molecule has 0 amide bonds. The van der Waals surface area contributed by atoms with Gasteiger partial charge in [0, 0.05) is 164 Å².